The molecule has 6 heteroatoms. The van der Waals surface area contributed by atoms with Gasteiger partial charge in [-0.1, -0.05) is 11.6 Å². The van der Waals surface area contributed by atoms with Gasteiger partial charge in [0.15, 0.2) is 0 Å². The number of amides is 2. The van der Waals surface area contributed by atoms with E-state index in [1.54, 1.807) is 11.0 Å². The van der Waals surface area contributed by atoms with Gasteiger partial charge in [0, 0.05) is 30.3 Å². The molecule has 2 aliphatic heterocycles. The number of nitrogens with one attached hydrogen (secondary N) is 1. The molecule has 0 unspecified atom stereocenters. The van der Waals surface area contributed by atoms with E-state index in [1.165, 1.54) is 38.1 Å². The third-order valence-electron chi connectivity index (χ3n) is 4.40. The SMILES string of the molecule is O=C(Nc1cc(F)cc(Cl)c1)N1CC[C@H](CN2CCCC2)C1. The second kappa shape index (κ2) is 6.84. The van der Waals surface area contributed by atoms with Crippen molar-refractivity contribution in [2.24, 2.45) is 5.92 Å². The second-order valence-electron chi connectivity index (χ2n) is 6.20. The number of carbonyl (C=O) groups excluding carboxylic acids is 1. The fraction of sp³-hybridized carbons (Fsp3) is 0.562. The monoisotopic (exact) mass is 325 g/mol. The van der Waals surface area contributed by atoms with Gasteiger partial charge in [0.2, 0.25) is 0 Å². The van der Waals surface area contributed by atoms with Gasteiger partial charge in [0.05, 0.1) is 0 Å². The van der Waals surface area contributed by atoms with Crippen LogP contribution in [0.2, 0.25) is 5.02 Å². The van der Waals surface area contributed by atoms with E-state index in [1.807, 2.05) is 0 Å². The van der Waals surface area contributed by atoms with E-state index in [0.29, 0.717) is 11.6 Å². The summed E-state index contributed by atoms with van der Waals surface area (Å²) in [6.07, 6.45) is 3.61. The average molecular weight is 326 g/mol. The molecular weight excluding hydrogens is 305 g/mol. The summed E-state index contributed by atoms with van der Waals surface area (Å²) >= 11 is 5.80. The number of benzene rings is 1. The second-order valence-corrected chi connectivity index (χ2v) is 6.63. The summed E-state index contributed by atoms with van der Waals surface area (Å²) in [6, 6.07) is 3.88. The minimum Gasteiger partial charge on any atom is -0.324 e. The Kier molecular flexibility index (Phi) is 4.84. The Balaban J connectivity index is 1.52. The minimum atomic E-state index is -0.448. The van der Waals surface area contributed by atoms with Crippen molar-refractivity contribution in [2.45, 2.75) is 19.3 Å². The van der Waals surface area contributed by atoms with Crippen molar-refractivity contribution in [3.8, 4) is 0 Å². The van der Waals surface area contributed by atoms with E-state index >= 15 is 0 Å². The van der Waals surface area contributed by atoms with E-state index < -0.39 is 5.82 Å². The predicted molar refractivity (Wildman–Crippen MR) is 85.8 cm³/mol. The van der Waals surface area contributed by atoms with Gasteiger partial charge in [-0.05, 0) is 56.5 Å². The number of carbonyl (C=O) groups is 1. The average Bonchev–Trinajstić information content (AvgIpc) is 3.09. The lowest BCUT2D eigenvalue weighted by molar-refractivity contribution is 0.217. The summed E-state index contributed by atoms with van der Waals surface area (Å²) in [5.74, 6) is 0.0936. The van der Waals surface area contributed by atoms with Crippen LogP contribution in [-0.4, -0.2) is 48.6 Å². The molecule has 1 aromatic rings. The highest BCUT2D eigenvalue weighted by Gasteiger charge is 2.28. The van der Waals surface area contributed by atoms with Crippen LogP contribution in [0.15, 0.2) is 18.2 Å². The van der Waals surface area contributed by atoms with Crippen LogP contribution < -0.4 is 5.32 Å². The van der Waals surface area contributed by atoms with Gasteiger partial charge in [0.1, 0.15) is 5.82 Å². The first-order valence-electron chi connectivity index (χ1n) is 7.84. The standard InChI is InChI=1S/C16H21ClFN3O/c17-13-7-14(18)9-15(8-13)19-16(22)21-6-3-12(11-21)10-20-4-1-2-5-20/h7-9,12H,1-6,10-11H2,(H,19,22)/t12-/m1/s1. The molecule has 2 heterocycles. The molecule has 2 amide bonds. The Morgan fingerprint density at radius 2 is 2.05 bits per heavy atom. The van der Waals surface area contributed by atoms with Gasteiger partial charge in [0.25, 0.3) is 0 Å². The van der Waals surface area contributed by atoms with Crippen molar-refractivity contribution in [3.63, 3.8) is 0 Å². The molecule has 0 bridgehead atoms. The van der Waals surface area contributed by atoms with Crippen molar-refractivity contribution in [2.75, 3.05) is 38.0 Å². The molecular formula is C16H21ClFN3O. The van der Waals surface area contributed by atoms with Gasteiger partial charge in [-0.15, -0.1) is 0 Å². The van der Waals surface area contributed by atoms with Gasteiger partial charge >= 0.3 is 6.03 Å². The lowest BCUT2D eigenvalue weighted by Gasteiger charge is -2.21. The molecule has 3 rings (SSSR count). The smallest absolute Gasteiger partial charge is 0.321 e. The molecule has 0 aromatic heterocycles. The van der Waals surface area contributed by atoms with Gasteiger partial charge < -0.3 is 15.1 Å². The van der Waals surface area contributed by atoms with Crippen LogP contribution in [0.4, 0.5) is 14.9 Å². The normalized spacial score (nSPS) is 22.3. The molecule has 120 valence electrons. The Labute approximate surface area is 135 Å². The largest absolute Gasteiger partial charge is 0.324 e. The van der Waals surface area contributed by atoms with Gasteiger partial charge in [-0.25, -0.2) is 9.18 Å². The summed E-state index contributed by atoms with van der Waals surface area (Å²) in [4.78, 5) is 16.5. The summed E-state index contributed by atoms with van der Waals surface area (Å²) in [7, 11) is 0. The number of rotatable bonds is 3. The van der Waals surface area contributed by atoms with E-state index in [2.05, 4.69) is 10.2 Å². The molecule has 4 nitrogen and oxygen atoms in total. The minimum absolute atomic E-state index is 0.175. The Morgan fingerprint density at radius 3 is 2.77 bits per heavy atom. The van der Waals surface area contributed by atoms with E-state index in [4.69, 9.17) is 11.6 Å². The summed E-state index contributed by atoms with van der Waals surface area (Å²) < 4.78 is 13.3. The lowest BCUT2D eigenvalue weighted by atomic mass is 10.1. The molecule has 2 fully saturated rings. The predicted octanol–water partition coefficient (Wildman–Crippen LogP) is 3.43. The van der Waals surface area contributed by atoms with Crippen molar-refractivity contribution in [1.82, 2.24) is 9.80 Å². The molecule has 1 aromatic carbocycles. The van der Waals surface area contributed by atoms with Crippen LogP contribution in [0.1, 0.15) is 19.3 Å². The maximum atomic E-state index is 13.3. The van der Waals surface area contributed by atoms with Crippen LogP contribution in [0.5, 0.6) is 0 Å². The molecule has 2 aliphatic rings. The number of nitrogens with zero attached hydrogens (tertiary/aromatic N) is 2. The highest BCUT2D eigenvalue weighted by molar-refractivity contribution is 6.30. The zero-order valence-electron chi connectivity index (χ0n) is 12.5. The summed E-state index contributed by atoms with van der Waals surface area (Å²) in [6.45, 7) is 4.98. The van der Waals surface area contributed by atoms with Gasteiger partial charge in [-0.3, -0.25) is 0 Å². The zero-order valence-corrected chi connectivity index (χ0v) is 13.3. The number of halogens is 2. The first-order chi connectivity index (χ1) is 10.6. The number of hydrogen-bond donors (Lipinski definition) is 1. The third-order valence-corrected chi connectivity index (χ3v) is 4.62. The Morgan fingerprint density at radius 1 is 1.27 bits per heavy atom. The zero-order chi connectivity index (χ0) is 15.5. The number of urea groups is 1. The van der Waals surface area contributed by atoms with Crippen molar-refractivity contribution in [1.29, 1.82) is 0 Å². The van der Waals surface area contributed by atoms with Crippen LogP contribution in [0.25, 0.3) is 0 Å². The maximum Gasteiger partial charge on any atom is 0.321 e. The molecule has 22 heavy (non-hydrogen) atoms. The number of anilines is 1. The quantitative estimate of drug-likeness (QED) is 0.924. The molecule has 0 spiro atoms. The van der Waals surface area contributed by atoms with Crippen molar-refractivity contribution < 1.29 is 9.18 Å². The topological polar surface area (TPSA) is 35.6 Å². The molecule has 1 atom stereocenters. The first-order valence-corrected chi connectivity index (χ1v) is 8.22. The molecule has 0 saturated carbocycles. The third kappa shape index (κ3) is 3.90. The van der Waals surface area contributed by atoms with Crippen LogP contribution in [-0.2, 0) is 0 Å². The molecule has 0 radical (unpaired) electrons. The van der Waals surface area contributed by atoms with Crippen LogP contribution >= 0.6 is 11.6 Å². The highest BCUT2D eigenvalue weighted by atomic mass is 35.5. The Bertz CT molecular complexity index is 528. The lowest BCUT2D eigenvalue weighted by Crippen LogP contribution is -2.34. The number of likely N-dealkylation sites (tertiary alicyclic amines) is 2. The first kappa shape index (κ1) is 15.6. The van der Waals surface area contributed by atoms with Crippen molar-refractivity contribution >= 4 is 23.3 Å². The van der Waals surface area contributed by atoms with E-state index in [0.717, 1.165) is 26.1 Å². The highest BCUT2D eigenvalue weighted by Crippen LogP contribution is 2.22. The van der Waals surface area contributed by atoms with Crippen molar-refractivity contribution in [3.05, 3.63) is 29.0 Å². The van der Waals surface area contributed by atoms with E-state index in [9.17, 15) is 9.18 Å². The summed E-state index contributed by atoms with van der Waals surface area (Å²) in [5.41, 5.74) is 0.401. The van der Waals surface area contributed by atoms with Gasteiger partial charge in [-0.2, -0.15) is 0 Å². The van der Waals surface area contributed by atoms with E-state index in [-0.39, 0.29) is 11.1 Å². The summed E-state index contributed by atoms with van der Waals surface area (Å²) in [5, 5.41) is 3.01. The van der Waals surface area contributed by atoms with Crippen LogP contribution in [0.3, 0.4) is 0 Å². The fourth-order valence-electron chi connectivity index (χ4n) is 3.33. The maximum absolute atomic E-state index is 13.3. The Hall–Kier alpha value is -1.33. The molecule has 2 saturated heterocycles. The fourth-order valence-corrected chi connectivity index (χ4v) is 3.55. The molecule has 1 N–H and O–H groups in total. The molecule has 0 aliphatic carbocycles. The van der Waals surface area contributed by atoms with Crippen LogP contribution in [0, 0.1) is 11.7 Å². The number of hydrogen-bond acceptors (Lipinski definition) is 2.